The van der Waals surface area contributed by atoms with E-state index in [9.17, 15) is 19.8 Å². The van der Waals surface area contributed by atoms with Crippen LogP contribution in [0.2, 0.25) is 0 Å². The Labute approximate surface area is 129 Å². The van der Waals surface area contributed by atoms with Crippen molar-refractivity contribution in [1.29, 1.82) is 0 Å². The molecule has 7 heteroatoms. The third-order valence-electron chi connectivity index (χ3n) is 4.51. The number of carbonyl (C=O) groups is 1. The van der Waals surface area contributed by atoms with Gasteiger partial charge in [0.05, 0.1) is 11.3 Å². The third-order valence-corrected chi connectivity index (χ3v) is 4.51. The highest BCUT2D eigenvalue weighted by Gasteiger charge is 2.40. The molecule has 1 fully saturated rings. The minimum Gasteiger partial charge on any atom is -0.388 e. The van der Waals surface area contributed by atoms with Gasteiger partial charge in [0.15, 0.2) is 0 Å². The first-order valence-electron chi connectivity index (χ1n) is 7.50. The molecule has 1 amide bonds. The van der Waals surface area contributed by atoms with Crippen LogP contribution < -0.4 is 5.56 Å². The fourth-order valence-electron chi connectivity index (χ4n) is 2.62. The van der Waals surface area contributed by atoms with E-state index in [2.05, 4.69) is 5.10 Å². The molecule has 1 saturated heterocycles. The number of likely N-dealkylation sites (tertiary alicyclic amines) is 1. The van der Waals surface area contributed by atoms with E-state index in [1.807, 2.05) is 0 Å². The van der Waals surface area contributed by atoms with Gasteiger partial charge in [-0.1, -0.05) is 6.92 Å². The summed E-state index contributed by atoms with van der Waals surface area (Å²) in [4.78, 5) is 25.6. The highest BCUT2D eigenvalue weighted by atomic mass is 16.3. The Hall–Kier alpha value is -1.73. The molecular formula is C15H23N3O4. The fraction of sp³-hybridized carbons (Fsp3) is 0.667. The van der Waals surface area contributed by atoms with Gasteiger partial charge in [-0.05, 0) is 32.3 Å². The molecule has 0 aromatic carbocycles. The smallest absolute Gasteiger partial charge is 0.267 e. The molecule has 2 heterocycles. The summed E-state index contributed by atoms with van der Waals surface area (Å²) < 4.78 is 1.14. The Morgan fingerprint density at radius 1 is 1.50 bits per heavy atom. The molecule has 7 nitrogen and oxygen atoms in total. The van der Waals surface area contributed by atoms with E-state index in [0.29, 0.717) is 25.1 Å². The lowest BCUT2D eigenvalue weighted by Crippen LogP contribution is -2.57. The van der Waals surface area contributed by atoms with Crippen LogP contribution in [0.15, 0.2) is 10.9 Å². The standard InChI is InChI=1S/C15H23N3O4/c1-4-15(22)5-6-17(8-12(15)19)14(21)9-18-13(20)7-10(2)11(3)16-18/h7,12,19,22H,4-6,8-9H2,1-3H3/t12-,15-/m1/s1. The van der Waals surface area contributed by atoms with Crippen LogP contribution in [0, 0.1) is 13.8 Å². The molecule has 1 aromatic rings. The second-order valence-corrected chi connectivity index (χ2v) is 5.97. The lowest BCUT2D eigenvalue weighted by Gasteiger charge is -2.41. The van der Waals surface area contributed by atoms with Crippen molar-refractivity contribution in [2.45, 2.75) is 51.9 Å². The summed E-state index contributed by atoms with van der Waals surface area (Å²) in [5.74, 6) is -0.282. The molecule has 1 aliphatic rings. The monoisotopic (exact) mass is 309 g/mol. The van der Waals surface area contributed by atoms with Gasteiger partial charge < -0.3 is 15.1 Å². The topological polar surface area (TPSA) is 95.7 Å². The fourth-order valence-corrected chi connectivity index (χ4v) is 2.62. The van der Waals surface area contributed by atoms with Crippen LogP contribution in [-0.4, -0.2) is 55.6 Å². The van der Waals surface area contributed by atoms with Crippen molar-refractivity contribution in [3.8, 4) is 0 Å². The highest BCUT2D eigenvalue weighted by molar-refractivity contribution is 5.76. The maximum Gasteiger partial charge on any atom is 0.267 e. The number of amides is 1. The maximum absolute atomic E-state index is 12.3. The average molecular weight is 309 g/mol. The van der Waals surface area contributed by atoms with E-state index < -0.39 is 11.7 Å². The number of β-amino-alcohol motifs (C(OH)–C–C–N with tert-alkyl or cyclic N) is 1. The quantitative estimate of drug-likeness (QED) is 0.792. The molecule has 2 N–H and O–H groups in total. The van der Waals surface area contributed by atoms with E-state index >= 15 is 0 Å². The third kappa shape index (κ3) is 3.20. The normalized spacial score (nSPS) is 25.3. The van der Waals surface area contributed by atoms with E-state index in [1.54, 1.807) is 20.8 Å². The van der Waals surface area contributed by atoms with E-state index in [4.69, 9.17) is 0 Å². The SMILES string of the molecule is CC[C@@]1(O)CCN(C(=O)Cn2nc(C)c(C)cc2=O)C[C@H]1O. The Bertz CT molecular complexity index is 628. The molecule has 122 valence electrons. The molecule has 2 rings (SSSR count). The van der Waals surface area contributed by atoms with Gasteiger partial charge in [-0.15, -0.1) is 0 Å². The molecule has 0 aliphatic carbocycles. The summed E-state index contributed by atoms with van der Waals surface area (Å²) in [6.07, 6.45) is -0.209. The maximum atomic E-state index is 12.3. The number of aliphatic hydroxyl groups excluding tert-OH is 1. The van der Waals surface area contributed by atoms with Gasteiger partial charge in [0.2, 0.25) is 5.91 Å². The first kappa shape index (κ1) is 16.6. The zero-order chi connectivity index (χ0) is 16.5. The molecule has 0 spiro atoms. The Kier molecular flexibility index (Phi) is 4.67. The lowest BCUT2D eigenvalue weighted by molar-refractivity contribution is -0.150. The van der Waals surface area contributed by atoms with Gasteiger partial charge in [0.1, 0.15) is 12.6 Å². The largest absolute Gasteiger partial charge is 0.388 e. The predicted octanol–water partition coefficient (Wildman–Crippen LogP) is -0.406. The average Bonchev–Trinajstić information content (AvgIpc) is 2.47. The molecule has 0 bridgehead atoms. The summed E-state index contributed by atoms with van der Waals surface area (Å²) in [7, 11) is 0. The summed E-state index contributed by atoms with van der Waals surface area (Å²) in [6, 6.07) is 1.45. The number of hydrogen-bond acceptors (Lipinski definition) is 5. The molecule has 0 saturated carbocycles. The van der Waals surface area contributed by atoms with Gasteiger partial charge in [0, 0.05) is 19.2 Å². The Balaban J connectivity index is 2.08. The van der Waals surface area contributed by atoms with Gasteiger partial charge in [-0.3, -0.25) is 9.59 Å². The summed E-state index contributed by atoms with van der Waals surface area (Å²) in [6.45, 7) is 5.66. The zero-order valence-electron chi connectivity index (χ0n) is 13.2. The lowest BCUT2D eigenvalue weighted by atomic mass is 9.86. The minimum absolute atomic E-state index is 0.0722. The van der Waals surface area contributed by atoms with Crippen LogP contribution in [0.25, 0.3) is 0 Å². The number of rotatable bonds is 3. The molecule has 0 radical (unpaired) electrons. The minimum atomic E-state index is -1.13. The highest BCUT2D eigenvalue weighted by Crippen LogP contribution is 2.25. The van der Waals surface area contributed by atoms with Gasteiger partial charge >= 0.3 is 0 Å². The molecule has 22 heavy (non-hydrogen) atoms. The van der Waals surface area contributed by atoms with E-state index in [1.165, 1.54) is 11.0 Å². The first-order chi connectivity index (χ1) is 10.3. The number of hydrogen-bond donors (Lipinski definition) is 2. The second kappa shape index (κ2) is 6.18. The number of aromatic nitrogens is 2. The van der Waals surface area contributed by atoms with Crippen molar-refractivity contribution in [2.24, 2.45) is 0 Å². The van der Waals surface area contributed by atoms with Crippen LogP contribution in [0.5, 0.6) is 0 Å². The molecule has 1 aromatic heterocycles. The number of aliphatic hydroxyl groups is 2. The zero-order valence-corrected chi connectivity index (χ0v) is 13.2. The summed E-state index contributed by atoms with van der Waals surface area (Å²) in [5, 5.41) is 24.3. The van der Waals surface area contributed by atoms with Crippen LogP contribution in [0.3, 0.4) is 0 Å². The summed E-state index contributed by atoms with van der Waals surface area (Å²) in [5.41, 5.74) is 0.0346. The number of aryl methyl sites for hydroxylation is 2. The van der Waals surface area contributed by atoms with Crippen LogP contribution in [0.4, 0.5) is 0 Å². The number of piperidine rings is 1. The van der Waals surface area contributed by atoms with Crippen LogP contribution in [0.1, 0.15) is 31.0 Å². The van der Waals surface area contributed by atoms with Crippen molar-refractivity contribution in [1.82, 2.24) is 14.7 Å². The predicted molar refractivity (Wildman–Crippen MR) is 80.4 cm³/mol. The number of nitrogens with zero attached hydrogens (tertiary/aromatic N) is 3. The second-order valence-electron chi connectivity index (χ2n) is 5.97. The van der Waals surface area contributed by atoms with Crippen molar-refractivity contribution in [3.05, 3.63) is 27.7 Å². The van der Waals surface area contributed by atoms with Crippen LogP contribution in [-0.2, 0) is 11.3 Å². The Morgan fingerprint density at radius 2 is 2.18 bits per heavy atom. The van der Waals surface area contributed by atoms with Gasteiger partial charge in [-0.2, -0.15) is 5.10 Å². The number of carbonyl (C=O) groups excluding carboxylic acids is 1. The summed E-state index contributed by atoms with van der Waals surface area (Å²) >= 11 is 0. The van der Waals surface area contributed by atoms with E-state index in [-0.39, 0.29) is 24.6 Å². The van der Waals surface area contributed by atoms with Crippen molar-refractivity contribution in [2.75, 3.05) is 13.1 Å². The van der Waals surface area contributed by atoms with Gasteiger partial charge in [0.25, 0.3) is 5.56 Å². The molecule has 0 unspecified atom stereocenters. The van der Waals surface area contributed by atoms with Gasteiger partial charge in [-0.25, -0.2) is 4.68 Å². The first-order valence-corrected chi connectivity index (χ1v) is 7.50. The van der Waals surface area contributed by atoms with Crippen molar-refractivity contribution >= 4 is 5.91 Å². The van der Waals surface area contributed by atoms with E-state index in [0.717, 1.165) is 10.2 Å². The van der Waals surface area contributed by atoms with Crippen LogP contribution >= 0.6 is 0 Å². The Morgan fingerprint density at radius 3 is 2.77 bits per heavy atom. The van der Waals surface area contributed by atoms with Crippen molar-refractivity contribution < 1.29 is 15.0 Å². The molecule has 1 aliphatic heterocycles. The molecular weight excluding hydrogens is 286 g/mol. The van der Waals surface area contributed by atoms with Crippen molar-refractivity contribution in [3.63, 3.8) is 0 Å². The molecule has 2 atom stereocenters.